The highest BCUT2D eigenvalue weighted by molar-refractivity contribution is 5.95. The summed E-state index contributed by atoms with van der Waals surface area (Å²) in [6.07, 6.45) is 3.92. The minimum Gasteiger partial charge on any atom is -0.459 e. The Labute approximate surface area is 189 Å². The summed E-state index contributed by atoms with van der Waals surface area (Å²) in [5.74, 6) is 0.381. The van der Waals surface area contributed by atoms with Crippen molar-refractivity contribution in [1.29, 1.82) is 0 Å². The summed E-state index contributed by atoms with van der Waals surface area (Å²) in [4.78, 5) is 21.9. The second-order valence-electron chi connectivity index (χ2n) is 8.25. The molecule has 0 radical (unpaired) electrons. The van der Waals surface area contributed by atoms with Gasteiger partial charge in [0.15, 0.2) is 5.58 Å². The highest BCUT2D eigenvalue weighted by Crippen LogP contribution is 2.25. The zero-order valence-electron chi connectivity index (χ0n) is 18.4. The van der Waals surface area contributed by atoms with Crippen molar-refractivity contribution in [3.8, 4) is 11.4 Å². The van der Waals surface area contributed by atoms with E-state index in [0.29, 0.717) is 42.0 Å². The van der Waals surface area contributed by atoms with Gasteiger partial charge in [0.25, 0.3) is 5.91 Å². The van der Waals surface area contributed by atoms with E-state index in [1.807, 2.05) is 25.1 Å². The largest absolute Gasteiger partial charge is 0.459 e. The molecule has 1 fully saturated rings. The van der Waals surface area contributed by atoms with Gasteiger partial charge in [-0.3, -0.25) is 14.5 Å². The van der Waals surface area contributed by atoms with Gasteiger partial charge in [-0.1, -0.05) is 11.3 Å². The van der Waals surface area contributed by atoms with E-state index >= 15 is 0 Å². The van der Waals surface area contributed by atoms with Crippen LogP contribution in [0.2, 0.25) is 0 Å². The maximum absolute atomic E-state index is 12.9. The minimum absolute atomic E-state index is 0.209. The maximum Gasteiger partial charge on any atom is 0.270 e. The number of aliphatic hydroxyl groups is 1. The molecule has 2 atom stereocenters. The lowest BCUT2D eigenvalue weighted by Gasteiger charge is -2.28. The summed E-state index contributed by atoms with van der Waals surface area (Å²) in [5, 5.41) is 21.0. The summed E-state index contributed by atoms with van der Waals surface area (Å²) < 4.78 is 12.7. The molecule has 0 unspecified atom stereocenters. The number of carbonyl (C=O) groups is 1. The van der Waals surface area contributed by atoms with Crippen molar-refractivity contribution in [1.82, 2.24) is 30.3 Å². The van der Waals surface area contributed by atoms with E-state index in [-0.39, 0.29) is 24.2 Å². The third-order valence-electron chi connectivity index (χ3n) is 5.64. The number of amides is 1. The van der Waals surface area contributed by atoms with E-state index in [1.165, 1.54) is 0 Å². The Kier molecular flexibility index (Phi) is 5.61. The van der Waals surface area contributed by atoms with Crippen molar-refractivity contribution >= 4 is 17.0 Å². The zero-order valence-corrected chi connectivity index (χ0v) is 18.4. The van der Waals surface area contributed by atoms with Crippen molar-refractivity contribution in [3.63, 3.8) is 0 Å². The second-order valence-corrected chi connectivity index (χ2v) is 8.25. The first-order valence-corrected chi connectivity index (χ1v) is 10.7. The molecule has 1 aliphatic rings. The highest BCUT2D eigenvalue weighted by atomic mass is 16.5. The van der Waals surface area contributed by atoms with Crippen molar-refractivity contribution in [2.24, 2.45) is 7.05 Å². The molecule has 1 saturated heterocycles. The van der Waals surface area contributed by atoms with E-state index in [0.717, 1.165) is 16.8 Å². The number of fused-ring (bicyclic) bond motifs is 1. The van der Waals surface area contributed by atoms with Crippen molar-refractivity contribution in [2.45, 2.75) is 31.9 Å². The molecule has 10 nitrogen and oxygen atoms in total. The Morgan fingerprint density at radius 3 is 2.91 bits per heavy atom. The first-order chi connectivity index (χ1) is 16.0. The molecule has 0 bridgehead atoms. The topological polar surface area (TPSA) is 128 Å². The number of aryl methyl sites for hydroxylation is 2. The molecule has 2 N–H and O–H groups in total. The lowest BCUT2D eigenvalue weighted by molar-refractivity contribution is -0.0261. The minimum atomic E-state index is -0.735. The molecule has 0 aliphatic carbocycles. The molecule has 4 aromatic rings. The summed E-state index contributed by atoms with van der Waals surface area (Å²) in [5.41, 5.74) is 4.76. The van der Waals surface area contributed by atoms with Crippen LogP contribution in [0, 0.1) is 6.92 Å². The average Bonchev–Trinajstić information content (AvgIpc) is 3.40. The normalized spacial score (nSPS) is 18.5. The van der Waals surface area contributed by atoms with Crippen molar-refractivity contribution < 1.29 is 19.1 Å². The van der Waals surface area contributed by atoms with Crippen LogP contribution < -0.4 is 5.32 Å². The molecule has 0 spiro atoms. The monoisotopic (exact) mass is 448 g/mol. The van der Waals surface area contributed by atoms with Crippen LogP contribution in [0.3, 0.4) is 0 Å². The number of carbonyl (C=O) groups excluding carboxylic acids is 1. The number of nitrogens with zero attached hydrogens (tertiary/aromatic N) is 5. The first-order valence-electron chi connectivity index (χ1n) is 10.7. The number of pyridine rings is 2. The second kappa shape index (κ2) is 8.72. The van der Waals surface area contributed by atoms with Crippen LogP contribution in [-0.2, 0) is 18.2 Å². The van der Waals surface area contributed by atoms with E-state index in [1.54, 1.807) is 30.2 Å². The zero-order chi connectivity index (χ0) is 22.9. The predicted molar refractivity (Wildman–Crippen MR) is 118 cm³/mol. The average molecular weight is 448 g/mol. The van der Waals surface area contributed by atoms with Crippen LogP contribution in [0.4, 0.5) is 0 Å². The van der Waals surface area contributed by atoms with E-state index < -0.39 is 6.10 Å². The van der Waals surface area contributed by atoms with Crippen LogP contribution in [0.25, 0.3) is 22.5 Å². The van der Waals surface area contributed by atoms with E-state index in [9.17, 15) is 9.90 Å². The van der Waals surface area contributed by atoms with E-state index in [2.05, 4.69) is 25.6 Å². The molecule has 33 heavy (non-hydrogen) atoms. The van der Waals surface area contributed by atoms with Gasteiger partial charge in [0.2, 0.25) is 0 Å². The molecule has 0 aromatic carbocycles. The van der Waals surface area contributed by atoms with Gasteiger partial charge < -0.3 is 19.6 Å². The quantitative estimate of drug-likeness (QED) is 0.473. The van der Waals surface area contributed by atoms with Crippen molar-refractivity contribution in [3.05, 3.63) is 59.2 Å². The van der Waals surface area contributed by atoms with Crippen LogP contribution in [0.5, 0.6) is 0 Å². The summed E-state index contributed by atoms with van der Waals surface area (Å²) in [6.45, 7) is 2.56. The number of rotatable bonds is 5. The van der Waals surface area contributed by atoms with Gasteiger partial charge in [0, 0.05) is 37.9 Å². The van der Waals surface area contributed by atoms with Gasteiger partial charge in [0.05, 0.1) is 30.6 Å². The van der Waals surface area contributed by atoms with Crippen LogP contribution in [0.15, 0.2) is 41.1 Å². The fraction of sp³-hybridized carbons (Fsp3) is 0.348. The highest BCUT2D eigenvalue weighted by Gasteiger charge is 2.26. The molecule has 10 heteroatoms. The van der Waals surface area contributed by atoms with E-state index in [4.69, 9.17) is 9.15 Å². The lowest BCUT2D eigenvalue weighted by Crippen LogP contribution is -2.48. The third kappa shape index (κ3) is 4.48. The first kappa shape index (κ1) is 21.2. The summed E-state index contributed by atoms with van der Waals surface area (Å²) in [7, 11) is 1.81. The SMILES string of the molecule is Cc1cc2nc(C(=O)N[C@H]3CCOC[C@@H]3O)cc(Cc3ccc(-c4cn(C)nn4)nc3)c2o1. The maximum atomic E-state index is 12.9. The van der Waals surface area contributed by atoms with Crippen LogP contribution in [-0.4, -0.2) is 61.3 Å². The number of aliphatic hydroxyl groups excluding tert-OH is 1. The number of hydrogen-bond acceptors (Lipinski definition) is 8. The van der Waals surface area contributed by atoms with Crippen molar-refractivity contribution in [2.75, 3.05) is 13.2 Å². The van der Waals surface area contributed by atoms with Gasteiger partial charge in [-0.2, -0.15) is 0 Å². The predicted octanol–water partition coefficient (Wildman–Crippen LogP) is 1.80. The smallest absolute Gasteiger partial charge is 0.270 e. The molecule has 5 rings (SSSR count). The molecule has 170 valence electrons. The Morgan fingerprint density at radius 1 is 1.30 bits per heavy atom. The van der Waals surface area contributed by atoms with Gasteiger partial charge in [-0.05, 0) is 31.0 Å². The Balaban J connectivity index is 1.41. The lowest BCUT2D eigenvalue weighted by atomic mass is 10.0. The number of nitrogens with one attached hydrogen (secondary N) is 1. The van der Waals surface area contributed by atoms with Crippen LogP contribution >= 0.6 is 0 Å². The molecule has 1 aliphatic heterocycles. The number of furan rings is 1. The standard InChI is InChI=1S/C23H24N6O4/c1-13-7-18-22(33-13)15(8-14-3-4-16(24-10-14)20-11-29(2)28-27-20)9-19(25-18)23(31)26-17-5-6-32-12-21(17)30/h3-4,7,9-11,17,21,30H,5-6,8,12H2,1-2H3,(H,26,31)/t17-,21-/m0/s1. The Bertz CT molecular complexity index is 1300. The van der Waals surface area contributed by atoms with Crippen LogP contribution in [0.1, 0.15) is 33.8 Å². The van der Waals surface area contributed by atoms with Gasteiger partial charge >= 0.3 is 0 Å². The fourth-order valence-corrected chi connectivity index (χ4v) is 3.95. The molecule has 4 aromatic heterocycles. The molecule has 1 amide bonds. The van der Waals surface area contributed by atoms with Gasteiger partial charge in [0.1, 0.15) is 22.7 Å². The number of aromatic nitrogens is 5. The Hall–Kier alpha value is -3.63. The summed E-state index contributed by atoms with van der Waals surface area (Å²) >= 11 is 0. The third-order valence-corrected chi connectivity index (χ3v) is 5.64. The number of hydrogen-bond donors (Lipinski definition) is 2. The summed E-state index contributed by atoms with van der Waals surface area (Å²) in [6, 6.07) is 7.05. The molecule has 0 saturated carbocycles. The van der Waals surface area contributed by atoms with Gasteiger partial charge in [-0.25, -0.2) is 4.98 Å². The van der Waals surface area contributed by atoms with Gasteiger partial charge in [-0.15, -0.1) is 5.10 Å². The fourth-order valence-electron chi connectivity index (χ4n) is 3.95. The number of ether oxygens (including phenoxy) is 1. The molecular weight excluding hydrogens is 424 g/mol. The Morgan fingerprint density at radius 2 is 2.18 bits per heavy atom. The molecular formula is C23H24N6O4. The molecule has 5 heterocycles.